The summed E-state index contributed by atoms with van der Waals surface area (Å²) in [6.07, 6.45) is 0.550. The van der Waals surface area contributed by atoms with Crippen LogP contribution >= 0.6 is 23.2 Å². The molecule has 0 atom stereocenters. The molecule has 1 aromatic carbocycles. The van der Waals surface area contributed by atoms with Crippen molar-refractivity contribution in [3.8, 4) is 0 Å². The highest BCUT2D eigenvalue weighted by molar-refractivity contribution is 6.63. The lowest BCUT2D eigenvalue weighted by Gasteiger charge is -2.03. The number of hydrogen-bond donors (Lipinski definition) is 1. The van der Waals surface area contributed by atoms with Gasteiger partial charge in [0.05, 0.1) is 6.61 Å². The molecule has 0 aliphatic rings. The van der Waals surface area contributed by atoms with Gasteiger partial charge in [-0.25, -0.2) is 4.79 Å². The lowest BCUT2D eigenvalue weighted by atomic mass is 10.0. The van der Waals surface area contributed by atoms with Crippen LogP contribution in [0.25, 0.3) is 10.9 Å². The molecule has 1 N–H and O–H groups in total. The third-order valence-corrected chi connectivity index (χ3v) is 3.67. The SMILES string of the molecule is CCOC(=O)c1[nH]c2cc(CCl)ccc2c1CCC(=O)Cl. The highest BCUT2D eigenvalue weighted by atomic mass is 35.5. The Kier molecular flexibility index (Phi) is 5.26. The first kappa shape index (κ1) is 15.9. The van der Waals surface area contributed by atoms with E-state index in [-0.39, 0.29) is 13.0 Å². The predicted octanol–water partition coefficient (Wildman–Crippen LogP) is 3.78. The van der Waals surface area contributed by atoms with E-state index in [4.69, 9.17) is 27.9 Å². The number of aromatic nitrogens is 1. The molecule has 0 saturated carbocycles. The van der Waals surface area contributed by atoms with Crippen LogP contribution in [0.1, 0.15) is 35.0 Å². The molecule has 0 radical (unpaired) electrons. The minimum atomic E-state index is -0.434. The van der Waals surface area contributed by atoms with E-state index >= 15 is 0 Å². The maximum Gasteiger partial charge on any atom is 0.355 e. The first-order valence-electron chi connectivity index (χ1n) is 6.61. The Labute approximate surface area is 132 Å². The number of fused-ring (bicyclic) bond motifs is 1. The number of benzene rings is 1. The van der Waals surface area contributed by atoms with Crippen molar-refractivity contribution in [1.82, 2.24) is 4.98 Å². The van der Waals surface area contributed by atoms with E-state index in [1.54, 1.807) is 6.92 Å². The van der Waals surface area contributed by atoms with Crippen LogP contribution in [-0.2, 0) is 21.8 Å². The smallest absolute Gasteiger partial charge is 0.355 e. The van der Waals surface area contributed by atoms with Gasteiger partial charge in [0, 0.05) is 23.2 Å². The number of H-pyrrole nitrogens is 1. The zero-order chi connectivity index (χ0) is 15.4. The second-order valence-electron chi connectivity index (χ2n) is 4.57. The Bertz CT molecular complexity index is 679. The summed E-state index contributed by atoms with van der Waals surface area (Å²) in [5.41, 5.74) is 2.86. The highest BCUT2D eigenvalue weighted by Gasteiger charge is 2.19. The first-order chi connectivity index (χ1) is 10.1. The fraction of sp³-hybridized carbons (Fsp3) is 0.333. The number of aromatic amines is 1. The molecule has 0 unspecified atom stereocenters. The molecule has 112 valence electrons. The quantitative estimate of drug-likeness (QED) is 0.499. The number of carbonyl (C=O) groups is 2. The van der Waals surface area contributed by atoms with Crippen LogP contribution in [0.4, 0.5) is 0 Å². The van der Waals surface area contributed by atoms with E-state index in [2.05, 4.69) is 4.98 Å². The van der Waals surface area contributed by atoms with E-state index < -0.39 is 11.2 Å². The molecular formula is C15H15Cl2NO3. The van der Waals surface area contributed by atoms with Crippen molar-refractivity contribution < 1.29 is 14.3 Å². The minimum absolute atomic E-state index is 0.165. The number of hydrogen-bond acceptors (Lipinski definition) is 3. The second kappa shape index (κ2) is 6.96. The zero-order valence-electron chi connectivity index (χ0n) is 11.5. The van der Waals surface area contributed by atoms with Crippen molar-refractivity contribution in [3.63, 3.8) is 0 Å². The van der Waals surface area contributed by atoms with E-state index in [1.807, 2.05) is 18.2 Å². The lowest BCUT2D eigenvalue weighted by Crippen LogP contribution is -2.08. The summed E-state index contributed by atoms with van der Waals surface area (Å²) in [6, 6.07) is 5.67. The summed E-state index contributed by atoms with van der Waals surface area (Å²) in [4.78, 5) is 26.1. The highest BCUT2D eigenvalue weighted by Crippen LogP contribution is 2.26. The van der Waals surface area contributed by atoms with Gasteiger partial charge >= 0.3 is 5.97 Å². The van der Waals surface area contributed by atoms with E-state index in [0.29, 0.717) is 18.0 Å². The van der Waals surface area contributed by atoms with Crippen molar-refractivity contribution in [2.75, 3.05) is 6.61 Å². The van der Waals surface area contributed by atoms with Crippen LogP contribution in [0.3, 0.4) is 0 Å². The molecule has 2 rings (SSSR count). The zero-order valence-corrected chi connectivity index (χ0v) is 13.1. The maximum atomic E-state index is 12.0. The Morgan fingerprint density at radius 1 is 1.33 bits per heavy atom. The average molecular weight is 328 g/mol. The van der Waals surface area contributed by atoms with Gasteiger partial charge in [-0.2, -0.15) is 0 Å². The van der Waals surface area contributed by atoms with Gasteiger partial charge in [-0.15, -0.1) is 11.6 Å². The van der Waals surface area contributed by atoms with Crippen molar-refractivity contribution >= 4 is 45.3 Å². The van der Waals surface area contributed by atoms with Crippen LogP contribution in [0.15, 0.2) is 18.2 Å². The summed E-state index contributed by atoms with van der Waals surface area (Å²) < 4.78 is 5.05. The average Bonchev–Trinajstić information content (AvgIpc) is 2.82. The molecular weight excluding hydrogens is 313 g/mol. The molecule has 0 amide bonds. The van der Waals surface area contributed by atoms with Crippen LogP contribution < -0.4 is 0 Å². The molecule has 1 aromatic heterocycles. The number of esters is 1. The monoisotopic (exact) mass is 327 g/mol. The Hall–Kier alpha value is -1.52. The van der Waals surface area contributed by atoms with Crippen LogP contribution in [-0.4, -0.2) is 22.8 Å². The van der Waals surface area contributed by atoms with E-state index in [9.17, 15) is 9.59 Å². The van der Waals surface area contributed by atoms with Crippen molar-refractivity contribution in [2.24, 2.45) is 0 Å². The molecule has 4 nitrogen and oxygen atoms in total. The largest absolute Gasteiger partial charge is 0.461 e. The Balaban J connectivity index is 2.50. The molecule has 2 aromatic rings. The summed E-state index contributed by atoms with van der Waals surface area (Å²) in [6.45, 7) is 2.03. The van der Waals surface area contributed by atoms with E-state index in [0.717, 1.165) is 22.0 Å². The van der Waals surface area contributed by atoms with Crippen molar-refractivity contribution in [2.45, 2.75) is 25.6 Å². The third kappa shape index (κ3) is 3.57. The molecule has 1 heterocycles. The standard InChI is InChI=1S/C15H15Cl2NO3/c1-2-21-15(20)14-11(5-6-13(17)19)10-4-3-9(8-16)7-12(10)18-14/h3-4,7,18H,2,5-6,8H2,1H3. The Morgan fingerprint density at radius 3 is 2.71 bits per heavy atom. The summed E-state index contributed by atoms with van der Waals surface area (Å²) in [5, 5.41) is 0.446. The molecule has 0 spiro atoms. The maximum absolute atomic E-state index is 12.0. The molecule has 0 bridgehead atoms. The molecule has 6 heteroatoms. The number of halogens is 2. The molecule has 0 saturated heterocycles. The number of rotatable bonds is 6. The van der Waals surface area contributed by atoms with Gasteiger partial charge in [0.2, 0.25) is 5.24 Å². The number of ether oxygens (including phenoxy) is 1. The van der Waals surface area contributed by atoms with Gasteiger partial charge in [-0.05, 0) is 42.1 Å². The summed E-state index contributed by atoms with van der Waals surface area (Å²) in [7, 11) is 0. The molecule has 0 aliphatic heterocycles. The van der Waals surface area contributed by atoms with Crippen LogP contribution in [0, 0.1) is 0 Å². The number of carbonyl (C=O) groups excluding carboxylic acids is 2. The van der Waals surface area contributed by atoms with Gasteiger partial charge in [0.15, 0.2) is 0 Å². The van der Waals surface area contributed by atoms with Crippen molar-refractivity contribution in [3.05, 3.63) is 35.0 Å². The molecule has 21 heavy (non-hydrogen) atoms. The summed E-state index contributed by atoms with van der Waals surface area (Å²) in [5.74, 6) is -0.0442. The van der Waals surface area contributed by atoms with E-state index in [1.165, 1.54) is 0 Å². The number of nitrogens with one attached hydrogen (secondary N) is 1. The molecule has 0 fully saturated rings. The fourth-order valence-electron chi connectivity index (χ4n) is 2.25. The second-order valence-corrected chi connectivity index (χ2v) is 5.26. The van der Waals surface area contributed by atoms with Crippen molar-refractivity contribution in [1.29, 1.82) is 0 Å². The van der Waals surface area contributed by atoms with Crippen LogP contribution in [0.5, 0.6) is 0 Å². The van der Waals surface area contributed by atoms with Gasteiger partial charge < -0.3 is 9.72 Å². The van der Waals surface area contributed by atoms with Crippen LogP contribution in [0.2, 0.25) is 0 Å². The minimum Gasteiger partial charge on any atom is -0.461 e. The predicted molar refractivity (Wildman–Crippen MR) is 83.0 cm³/mol. The number of aryl methyl sites for hydroxylation is 1. The fourth-order valence-corrected chi connectivity index (χ4v) is 2.51. The lowest BCUT2D eigenvalue weighted by molar-refractivity contribution is -0.111. The Morgan fingerprint density at radius 2 is 2.10 bits per heavy atom. The third-order valence-electron chi connectivity index (χ3n) is 3.18. The first-order valence-corrected chi connectivity index (χ1v) is 7.53. The van der Waals surface area contributed by atoms with Gasteiger partial charge in [-0.1, -0.05) is 12.1 Å². The van der Waals surface area contributed by atoms with Gasteiger partial charge in [0.25, 0.3) is 0 Å². The summed E-state index contributed by atoms with van der Waals surface area (Å²) >= 11 is 11.2. The van der Waals surface area contributed by atoms with Gasteiger partial charge in [-0.3, -0.25) is 4.79 Å². The topological polar surface area (TPSA) is 59.2 Å². The molecule has 0 aliphatic carbocycles. The normalized spacial score (nSPS) is 10.8. The number of alkyl halides is 1. The van der Waals surface area contributed by atoms with Gasteiger partial charge in [0.1, 0.15) is 5.69 Å².